The van der Waals surface area contributed by atoms with E-state index in [9.17, 15) is 9.18 Å². The summed E-state index contributed by atoms with van der Waals surface area (Å²) >= 11 is 0. The van der Waals surface area contributed by atoms with Crippen molar-refractivity contribution >= 4 is 11.6 Å². The number of hydrogen-bond acceptors (Lipinski definition) is 4. The molecule has 3 rings (SSSR count). The number of rotatable bonds is 5. The Labute approximate surface area is 134 Å². The lowest BCUT2D eigenvalue weighted by atomic mass is 9.94. The van der Waals surface area contributed by atoms with Gasteiger partial charge in [0.1, 0.15) is 17.4 Å². The molecule has 118 valence electrons. The Morgan fingerprint density at radius 1 is 1.39 bits per heavy atom. The van der Waals surface area contributed by atoms with Gasteiger partial charge in [-0.15, -0.1) is 0 Å². The van der Waals surface area contributed by atoms with Crippen molar-refractivity contribution in [1.82, 2.24) is 4.98 Å². The predicted molar refractivity (Wildman–Crippen MR) is 86.8 cm³/mol. The van der Waals surface area contributed by atoms with Crippen LogP contribution in [0.3, 0.4) is 0 Å². The van der Waals surface area contributed by atoms with Crippen molar-refractivity contribution in [2.75, 3.05) is 0 Å². The van der Waals surface area contributed by atoms with Crippen LogP contribution < -0.4 is 5.73 Å². The number of nitrogens with two attached hydrogens (primary N) is 1. The first-order valence-corrected chi connectivity index (χ1v) is 7.58. The summed E-state index contributed by atoms with van der Waals surface area (Å²) in [5.74, 6) is 0.289. The highest BCUT2D eigenvalue weighted by atomic mass is 19.1. The Kier molecular flexibility index (Phi) is 4.19. The van der Waals surface area contributed by atoms with Crippen LogP contribution >= 0.6 is 0 Å². The molecule has 2 heterocycles. The zero-order chi connectivity index (χ0) is 16.4. The van der Waals surface area contributed by atoms with Gasteiger partial charge in [-0.2, -0.15) is 0 Å². The largest absolute Gasteiger partial charge is 0.383 e. The number of aromatic nitrogens is 1. The molecule has 0 fully saturated rings. The second kappa shape index (κ2) is 6.28. The molecule has 2 N–H and O–H groups in total. The van der Waals surface area contributed by atoms with Crippen molar-refractivity contribution in [3.05, 3.63) is 64.7 Å². The van der Waals surface area contributed by atoms with Gasteiger partial charge in [0, 0.05) is 30.3 Å². The van der Waals surface area contributed by atoms with Gasteiger partial charge in [0.25, 0.3) is 0 Å². The molecule has 0 radical (unpaired) electrons. The van der Waals surface area contributed by atoms with Crippen molar-refractivity contribution in [2.45, 2.75) is 32.2 Å². The summed E-state index contributed by atoms with van der Waals surface area (Å²) in [6.07, 6.45) is 2.31. The van der Waals surface area contributed by atoms with Crippen LogP contribution in [0.2, 0.25) is 0 Å². The normalized spacial score (nSPS) is 14.3. The molecule has 1 atom stereocenters. The van der Waals surface area contributed by atoms with Crippen molar-refractivity contribution in [3.63, 3.8) is 0 Å². The van der Waals surface area contributed by atoms with E-state index in [0.29, 0.717) is 18.8 Å². The van der Waals surface area contributed by atoms with E-state index < -0.39 is 0 Å². The average Bonchev–Trinajstić information content (AvgIpc) is 2.88. The maximum Gasteiger partial charge on any atom is 0.139 e. The quantitative estimate of drug-likeness (QED) is 0.923. The van der Waals surface area contributed by atoms with E-state index in [1.807, 2.05) is 19.1 Å². The van der Waals surface area contributed by atoms with E-state index in [-0.39, 0.29) is 23.9 Å². The molecule has 0 unspecified atom stereocenters. The first kappa shape index (κ1) is 15.3. The lowest BCUT2D eigenvalue weighted by Gasteiger charge is -2.11. The summed E-state index contributed by atoms with van der Waals surface area (Å²) in [4.78, 5) is 20.7. The molecule has 5 heteroatoms. The molecular formula is C18H18FN3O. The Bertz CT molecular complexity index is 786. The van der Waals surface area contributed by atoms with Crippen LogP contribution in [0, 0.1) is 5.82 Å². The molecular weight excluding hydrogens is 293 g/mol. The van der Waals surface area contributed by atoms with E-state index in [0.717, 1.165) is 22.4 Å². The van der Waals surface area contributed by atoms with Crippen LogP contribution in [-0.2, 0) is 17.8 Å². The topological polar surface area (TPSA) is 68.3 Å². The van der Waals surface area contributed by atoms with Gasteiger partial charge in [-0.25, -0.2) is 4.39 Å². The summed E-state index contributed by atoms with van der Waals surface area (Å²) in [5, 5.41) is 0. The molecule has 4 nitrogen and oxygen atoms in total. The maximum atomic E-state index is 13.3. The number of aliphatic imine (C=N–C) groups is 1. The van der Waals surface area contributed by atoms with E-state index in [1.54, 1.807) is 12.3 Å². The number of carbonyl (C=O) groups excluding carboxylic acids is 1. The minimum atomic E-state index is -0.278. The summed E-state index contributed by atoms with van der Waals surface area (Å²) in [5.41, 5.74) is 9.18. The number of amidine groups is 1. The van der Waals surface area contributed by atoms with Gasteiger partial charge in [0.2, 0.25) is 0 Å². The molecule has 0 saturated heterocycles. The lowest BCUT2D eigenvalue weighted by molar-refractivity contribution is -0.118. The Hall–Kier alpha value is -2.56. The van der Waals surface area contributed by atoms with E-state index >= 15 is 0 Å². The third-order valence-corrected chi connectivity index (χ3v) is 4.07. The highest BCUT2D eigenvalue weighted by Crippen LogP contribution is 2.22. The first-order chi connectivity index (χ1) is 11.0. The van der Waals surface area contributed by atoms with Crippen molar-refractivity contribution in [2.24, 2.45) is 10.7 Å². The zero-order valence-electron chi connectivity index (χ0n) is 12.9. The summed E-state index contributed by atoms with van der Waals surface area (Å²) in [7, 11) is 0. The second-order valence-electron chi connectivity index (χ2n) is 5.91. The number of ketones is 1. The average molecular weight is 311 g/mol. The molecule has 2 aromatic rings. The molecule has 1 aromatic heterocycles. The molecule has 0 amide bonds. The van der Waals surface area contributed by atoms with Crippen LogP contribution in [0.15, 0.2) is 41.5 Å². The molecule has 1 aromatic carbocycles. The minimum absolute atomic E-state index is 0.0217. The van der Waals surface area contributed by atoms with E-state index in [2.05, 4.69) is 9.98 Å². The third-order valence-electron chi connectivity index (χ3n) is 4.07. The van der Waals surface area contributed by atoms with Gasteiger partial charge < -0.3 is 5.73 Å². The monoisotopic (exact) mass is 311 g/mol. The van der Waals surface area contributed by atoms with Gasteiger partial charge in [0.05, 0.1) is 6.54 Å². The minimum Gasteiger partial charge on any atom is -0.383 e. The van der Waals surface area contributed by atoms with Crippen molar-refractivity contribution < 1.29 is 9.18 Å². The molecule has 0 spiro atoms. The van der Waals surface area contributed by atoms with Crippen LogP contribution in [0.25, 0.3) is 0 Å². The van der Waals surface area contributed by atoms with Gasteiger partial charge in [-0.3, -0.25) is 14.8 Å². The Morgan fingerprint density at radius 3 is 3.00 bits per heavy atom. The fraction of sp³-hybridized carbons (Fsp3) is 0.278. The second-order valence-corrected chi connectivity index (χ2v) is 5.91. The number of Topliss-reactive ketones (excluding diaryl/α,β-unsaturated/α-hetero) is 1. The van der Waals surface area contributed by atoms with Gasteiger partial charge in [0.15, 0.2) is 0 Å². The summed E-state index contributed by atoms with van der Waals surface area (Å²) in [6, 6.07) is 8.28. The maximum absolute atomic E-state index is 13.3. The van der Waals surface area contributed by atoms with Gasteiger partial charge in [-0.1, -0.05) is 19.1 Å². The fourth-order valence-electron chi connectivity index (χ4n) is 2.81. The molecule has 23 heavy (non-hydrogen) atoms. The molecule has 1 aliphatic rings. The fourth-order valence-corrected chi connectivity index (χ4v) is 2.81. The van der Waals surface area contributed by atoms with E-state index in [4.69, 9.17) is 5.73 Å². The number of fused-ring (bicyclic) bond motifs is 1. The number of benzene rings is 1. The molecule has 0 aliphatic carbocycles. The smallest absolute Gasteiger partial charge is 0.139 e. The number of halogens is 1. The molecule has 0 bridgehead atoms. The highest BCUT2D eigenvalue weighted by molar-refractivity contribution is 6.00. The third kappa shape index (κ3) is 3.44. The Morgan fingerprint density at radius 2 is 2.22 bits per heavy atom. The van der Waals surface area contributed by atoms with Crippen LogP contribution in [-0.4, -0.2) is 16.6 Å². The Balaban J connectivity index is 1.64. The van der Waals surface area contributed by atoms with Gasteiger partial charge >= 0.3 is 0 Å². The number of hydrogen-bond donors (Lipinski definition) is 1. The van der Waals surface area contributed by atoms with Crippen molar-refractivity contribution in [1.29, 1.82) is 0 Å². The molecule has 0 saturated carbocycles. The number of nitrogens with zero attached hydrogens (tertiary/aromatic N) is 2. The number of carbonyl (C=O) groups is 1. The van der Waals surface area contributed by atoms with Crippen LogP contribution in [0.4, 0.5) is 4.39 Å². The van der Waals surface area contributed by atoms with E-state index in [1.165, 1.54) is 12.1 Å². The lowest BCUT2D eigenvalue weighted by Crippen LogP contribution is -2.12. The molecule has 1 aliphatic heterocycles. The van der Waals surface area contributed by atoms with Gasteiger partial charge in [-0.05, 0) is 35.2 Å². The number of pyridine rings is 1. The zero-order valence-corrected chi connectivity index (χ0v) is 12.9. The van der Waals surface area contributed by atoms with Crippen LogP contribution in [0.1, 0.15) is 41.6 Å². The van der Waals surface area contributed by atoms with Crippen LogP contribution in [0.5, 0.6) is 0 Å². The standard InChI is InChI=1S/C18H18FN3O/c1-11(12-3-2-4-14(19)6-12)5-16(23)8-15-7-13-9-22-18(20)17(13)10-21-15/h2-4,6-7,10-11H,5,8-9H2,1H3,(H2,20,22)/t11-/m0/s1. The first-order valence-electron chi connectivity index (χ1n) is 7.58. The summed E-state index contributed by atoms with van der Waals surface area (Å²) in [6.45, 7) is 2.47. The highest BCUT2D eigenvalue weighted by Gasteiger charge is 2.17. The summed E-state index contributed by atoms with van der Waals surface area (Å²) < 4.78 is 13.3. The SMILES string of the molecule is C[C@@H](CC(=O)Cc1cc2c(cn1)C(N)=NC2)c1cccc(F)c1. The predicted octanol–water partition coefficient (Wildman–Crippen LogP) is 2.75. The van der Waals surface area contributed by atoms with Crippen molar-refractivity contribution in [3.8, 4) is 0 Å².